The fraction of sp³-hybridized carbons (Fsp3) is 0.300. The van der Waals surface area contributed by atoms with E-state index in [1.165, 1.54) is 11.1 Å². The van der Waals surface area contributed by atoms with Crippen molar-refractivity contribution in [2.45, 2.75) is 26.3 Å². The first kappa shape index (κ1) is 15.7. The van der Waals surface area contributed by atoms with Crippen LogP contribution in [0, 0.1) is 5.92 Å². The monoisotopic (exact) mass is 336 g/mol. The van der Waals surface area contributed by atoms with Gasteiger partial charge in [0.25, 0.3) is 5.91 Å². The molecule has 5 heteroatoms. The first-order chi connectivity index (χ1) is 12.1. The summed E-state index contributed by atoms with van der Waals surface area (Å²) >= 11 is 0. The molecule has 1 amide bonds. The molecule has 5 nitrogen and oxygen atoms in total. The second kappa shape index (κ2) is 6.24. The van der Waals surface area contributed by atoms with Crippen LogP contribution in [0.5, 0.6) is 0 Å². The van der Waals surface area contributed by atoms with Crippen LogP contribution in [-0.4, -0.2) is 22.5 Å². The van der Waals surface area contributed by atoms with Gasteiger partial charge in [0, 0.05) is 12.6 Å². The summed E-state index contributed by atoms with van der Waals surface area (Å²) in [4.78, 5) is 15.0. The Hall–Kier alpha value is -2.82. The summed E-state index contributed by atoms with van der Waals surface area (Å²) < 4.78 is 10.6. The Bertz CT molecular complexity index is 880. The summed E-state index contributed by atoms with van der Waals surface area (Å²) in [6.45, 7) is 4.97. The first-order valence-corrected chi connectivity index (χ1v) is 8.54. The predicted molar refractivity (Wildman–Crippen MR) is 93.0 cm³/mol. The van der Waals surface area contributed by atoms with Crippen molar-refractivity contribution in [3.8, 4) is 11.5 Å². The number of amides is 1. The van der Waals surface area contributed by atoms with Gasteiger partial charge in [0.2, 0.25) is 5.76 Å². The number of nitrogens with zero attached hydrogens (tertiary/aromatic N) is 2. The average Bonchev–Trinajstić information content (AvgIpc) is 3.31. The van der Waals surface area contributed by atoms with E-state index in [1.807, 2.05) is 11.0 Å². The molecule has 0 radical (unpaired) electrons. The maximum atomic E-state index is 13.1. The fourth-order valence-corrected chi connectivity index (χ4v) is 3.60. The highest BCUT2D eigenvalue weighted by Crippen LogP contribution is 2.36. The van der Waals surface area contributed by atoms with Crippen LogP contribution in [0.25, 0.3) is 11.5 Å². The number of carbonyl (C=O) groups is 1. The molecule has 0 aliphatic carbocycles. The number of aromatic nitrogens is 1. The van der Waals surface area contributed by atoms with Crippen LogP contribution in [0.3, 0.4) is 0 Å². The Balaban J connectivity index is 1.66. The van der Waals surface area contributed by atoms with E-state index in [4.69, 9.17) is 8.94 Å². The number of carbonyl (C=O) groups excluding carboxylic acids is 1. The second-order valence-corrected chi connectivity index (χ2v) is 6.69. The number of furan rings is 1. The molecule has 0 saturated carbocycles. The summed E-state index contributed by atoms with van der Waals surface area (Å²) in [5.41, 5.74) is 2.87. The summed E-state index contributed by atoms with van der Waals surface area (Å²) in [5.74, 6) is 1.24. The van der Waals surface area contributed by atoms with Crippen LogP contribution in [0.1, 0.15) is 41.5 Å². The zero-order valence-corrected chi connectivity index (χ0v) is 14.3. The van der Waals surface area contributed by atoms with Gasteiger partial charge in [-0.2, -0.15) is 0 Å². The smallest absolute Gasteiger partial charge is 0.276 e. The van der Waals surface area contributed by atoms with E-state index in [0.29, 0.717) is 29.7 Å². The highest BCUT2D eigenvalue weighted by molar-refractivity contribution is 5.93. The van der Waals surface area contributed by atoms with Crippen molar-refractivity contribution in [2.75, 3.05) is 6.54 Å². The lowest BCUT2D eigenvalue weighted by Gasteiger charge is -2.39. The van der Waals surface area contributed by atoms with Gasteiger partial charge in [0.15, 0.2) is 11.5 Å². The molecule has 3 aromatic rings. The molecule has 0 saturated heterocycles. The molecule has 1 aliphatic rings. The molecule has 0 spiro atoms. The lowest BCUT2D eigenvalue weighted by atomic mass is 9.86. The zero-order valence-electron chi connectivity index (χ0n) is 14.3. The molecule has 1 aliphatic heterocycles. The third kappa shape index (κ3) is 2.76. The Kier molecular flexibility index (Phi) is 3.92. The Morgan fingerprint density at radius 1 is 1.20 bits per heavy atom. The normalized spacial score (nSPS) is 16.9. The average molecular weight is 336 g/mol. The lowest BCUT2D eigenvalue weighted by molar-refractivity contribution is 0.0593. The van der Waals surface area contributed by atoms with Gasteiger partial charge < -0.3 is 13.8 Å². The molecule has 2 aromatic heterocycles. The van der Waals surface area contributed by atoms with Crippen LogP contribution in [0.4, 0.5) is 0 Å². The van der Waals surface area contributed by atoms with E-state index in [-0.39, 0.29) is 11.9 Å². The Labute approximate surface area is 146 Å². The van der Waals surface area contributed by atoms with Gasteiger partial charge >= 0.3 is 0 Å². The summed E-state index contributed by atoms with van der Waals surface area (Å²) in [6, 6.07) is 13.6. The zero-order chi connectivity index (χ0) is 17.4. The highest BCUT2D eigenvalue weighted by Gasteiger charge is 2.34. The summed E-state index contributed by atoms with van der Waals surface area (Å²) in [6.07, 6.45) is 2.42. The number of rotatable bonds is 3. The summed E-state index contributed by atoms with van der Waals surface area (Å²) in [7, 11) is 0. The van der Waals surface area contributed by atoms with E-state index in [1.54, 1.807) is 24.5 Å². The minimum atomic E-state index is -0.102. The van der Waals surface area contributed by atoms with Crippen molar-refractivity contribution in [1.82, 2.24) is 10.1 Å². The van der Waals surface area contributed by atoms with E-state index >= 15 is 0 Å². The van der Waals surface area contributed by atoms with Crippen molar-refractivity contribution in [3.05, 3.63) is 65.5 Å². The molecule has 0 N–H and O–H groups in total. The molecule has 4 rings (SSSR count). The van der Waals surface area contributed by atoms with Crippen molar-refractivity contribution in [1.29, 1.82) is 0 Å². The Morgan fingerprint density at radius 2 is 2.04 bits per heavy atom. The highest BCUT2D eigenvalue weighted by atomic mass is 16.5. The molecular weight excluding hydrogens is 316 g/mol. The van der Waals surface area contributed by atoms with Crippen LogP contribution in [-0.2, 0) is 6.42 Å². The number of hydrogen-bond acceptors (Lipinski definition) is 4. The largest absolute Gasteiger partial charge is 0.461 e. The van der Waals surface area contributed by atoms with Crippen molar-refractivity contribution < 1.29 is 13.7 Å². The van der Waals surface area contributed by atoms with Crippen LogP contribution < -0.4 is 0 Å². The lowest BCUT2D eigenvalue weighted by Crippen LogP contribution is -2.42. The molecule has 1 aromatic carbocycles. The van der Waals surface area contributed by atoms with Crippen molar-refractivity contribution >= 4 is 5.91 Å². The van der Waals surface area contributed by atoms with Crippen molar-refractivity contribution in [3.63, 3.8) is 0 Å². The van der Waals surface area contributed by atoms with E-state index < -0.39 is 0 Å². The minimum absolute atomic E-state index is 0.0428. The topological polar surface area (TPSA) is 59.5 Å². The quantitative estimate of drug-likeness (QED) is 0.714. The van der Waals surface area contributed by atoms with Gasteiger partial charge in [-0.1, -0.05) is 43.3 Å². The molecule has 1 unspecified atom stereocenters. The molecule has 1 atom stereocenters. The minimum Gasteiger partial charge on any atom is -0.461 e. The molecular formula is C20H20N2O3. The Morgan fingerprint density at radius 3 is 2.80 bits per heavy atom. The summed E-state index contributed by atoms with van der Waals surface area (Å²) in [5, 5.41) is 3.97. The maximum Gasteiger partial charge on any atom is 0.276 e. The van der Waals surface area contributed by atoms with Gasteiger partial charge in [0.05, 0.1) is 12.3 Å². The molecule has 25 heavy (non-hydrogen) atoms. The fourth-order valence-electron chi connectivity index (χ4n) is 3.60. The van der Waals surface area contributed by atoms with E-state index in [0.717, 1.165) is 6.42 Å². The third-order valence-corrected chi connectivity index (χ3v) is 4.72. The van der Waals surface area contributed by atoms with Crippen LogP contribution >= 0.6 is 0 Å². The molecule has 0 bridgehead atoms. The number of benzene rings is 1. The van der Waals surface area contributed by atoms with Gasteiger partial charge in [-0.15, -0.1) is 0 Å². The molecule has 3 heterocycles. The van der Waals surface area contributed by atoms with Gasteiger partial charge in [-0.3, -0.25) is 4.79 Å². The standard InChI is InChI=1S/C20H20N2O3/c1-13(2)19-15-7-4-3-6-14(15)9-10-22(19)20(23)16-12-18(25-21-16)17-8-5-11-24-17/h3-8,11-13,19H,9-10H2,1-2H3. The van der Waals surface area contributed by atoms with Crippen molar-refractivity contribution in [2.24, 2.45) is 5.92 Å². The molecule has 0 fully saturated rings. The van der Waals surface area contributed by atoms with Crippen LogP contribution in [0.2, 0.25) is 0 Å². The van der Waals surface area contributed by atoms with Gasteiger partial charge in [-0.25, -0.2) is 0 Å². The third-order valence-electron chi connectivity index (χ3n) is 4.72. The van der Waals surface area contributed by atoms with Gasteiger partial charge in [0.1, 0.15) is 0 Å². The van der Waals surface area contributed by atoms with E-state index in [9.17, 15) is 4.79 Å². The number of fused-ring (bicyclic) bond motifs is 1. The van der Waals surface area contributed by atoms with Gasteiger partial charge in [-0.05, 0) is 35.6 Å². The molecule has 128 valence electrons. The van der Waals surface area contributed by atoms with E-state index in [2.05, 4.69) is 37.2 Å². The number of hydrogen-bond donors (Lipinski definition) is 0. The SMILES string of the molecule is CC(C)C1c2ccccc2CCN1C(=O)c1cc(-c2ccco2)on1. The maximum absolute atomic E-state index is 13.1. The predicted octanol–water partition coefficient (Wildman–Crippen LogP) is 4.33. The second-order valence-electron chi connectivity index (χ2n) is 6.69. The first-order valence-electron chi connectivity index (χ1n) is 8.54. The van der Waals surface area contributed by atoms with Crippen LogP contribution in [0.15, 0.2) is 57.7 Å².